The molecule has 3 nitrogen and oxygen atoms in total. The van der Waals surface area contributed by atoms with Crippen LogP contribution in [0.4, 0.5) is 0 Å². The average Bonchev–Trinajstić information content (AvgIpc) is 2.47. The van der Waals surface area contributed by atoms with Crippen LogP contribution in [0.3, 0.4) is 0 Å². The lowest BCUT2D eigenvalue weighted by Gasteiger charge is -2.48. The molecule has 104 valence electrons. The predicted octanol–water partition coefficient (Wildman–Crippen LogP) is 1.98. The summed E-state index contributed by atoms with van der Waals surface area (Å²) in [5.74, 6) is 0. The summed E-state index contributed by atoms with van der Waals surface area (Å²) >= 11 is 0. The standard InChI is InChI=1S/C16H24N2O/c1-2-15-11-17-8-9-19-13-16(17)12-18(15)10-14-6-4-3-5-7-14/h3-7,15-16H,2,8-13H2,1H3. The summed E-state index contributed by atoms with van der Waals surface area (Å²) in [6.07, 6.45) is 1.23. The summed E-state index contributed by atoms with van der Waals surface area (Å²) in [7, 11) is 0. The van der Waals surface area contributed by atoms with Crippen LogP contribution in [0.25, 0.3) is 0 Å². The van der Waals surface area contributed by atoms with E-state index in [0.717, 1.165) is 32.8 Å². The van der Waals surface area contributed by atoms with E-state index in [0.29, 0.717) is 12.1 Å². The molecule has 2 atom stereocenters. The minimum absolute atomic E-state index is 0.597. The molecule has 0 spiro atoms. The first kappa shape index (κ1) is 13.1. The molecule has 3 heteroatoms. The molecule has 2 fully saturated rings. The van der Waals surface area contributed by atoms with Gasteiger partial charge in [-0.25, -0.2) is 0 Å². The zero-order valence-corrected chi connectivity index (χ0v) is 11.8. The van der Waals surface area contributed by atoms with Gasteiger partial charge in [-0.2, -0.15) is 0 Å². The Hall–Kier alpha value is -0.900. The van der Waals surface area contributed by atoms with Crippen molar-refractivity contribution in [2.24, 2.45) is 0 Å². The van der Waals surface area contributed by atoms with Crippen molar-refractivity contribution in [3.63, 3.8) is 0 Å². The molecule has 0 radical (unpaired) electrons. The Labute approximate surface area is 116 Å². The Morgan fingerprint density at radius 2 is 2.05 bits per heavy atom. The molecule has 0 aromatic heterocycles. The van der Waals surface area contributed by atoms with E-state index in [4.69, 9.17) is 4.74 Å². The maximum absolute atomic E-state index is 5.64. The molecule has 2 aliphatic heterocycles. The molecule has 2 aliphatic rings. The normalized spacial score (nSPS) is 29.1. The Balaban J connectivity index is 1.68. The first-order valence-corrected chi connectivity index (χ1v) is 7.46. The van der Waals surface area contributed by atoms with Crippen molar-refractivity contribution < 1.29 is 4.74 Å². The highest BCUT2D eigenvalue weighted by molar-refractivity contribution is 5.15. The summed E-state index contributed by atoms with van der Waals surface area (Å²) < 4.78 is 5.64. The molecule has 0 saturated carbocycles. The second-order valence-corrected chi connectivity index (χ2v) is 5.70. The van der Waals surface area contributed by atoms with Gasteiger partial charge in [0.1, 0.15) is 0 Å². The number of hydrogen-bond acceptors (Lipinski definition) is 3. The lowest BCUT2D eigenvalue weighted by molar-refractivity contribution is -0.0663. The van der Waals surface area contributed by atoms with Gasteiger partial charge in [-0.1, -0.05) is 37.3 Å². The topological polar surface area (TPSA) is 15.7 Å². The summed E-state index contributed by atoms with van der Waals surface area (Å²) in [5.41, 5.74) is 1.42. The van der Waals surface area contributed by atoms with Crippen LogP contribution in [0.2, 0.25) is 0 Å². The van der Waals surface area contributed by atoms with Crippen molar-refractivity contribution >= 4 is 0 Å². The fourth-order valence-corrected chi connectivity index (χ4v) is 3.30. The van der Waals surface area contributed by atoms with Crippen LogP contribution in [0, 0.1) is 0 Å². The molecule has 1 aromatic rings. The maximum Gasteiger partial charge on any atom is 0.0634 e. The van der Waals surface area contributed by atoms with E-state index in [9.17, 15) is 0 Å². The smallest absolute Gasteiger partial charge is 0.0634 e. The maximum atomic E-state index is 5.64. The quantitative estimate of drug-likeness (QED) is 0.826. The molecule has 3 rings (SSSR count). The Morgan fingerprint density at radius 3 is 2.84 bits per heavy atom. The van der Waals surface area contributed by atoms with Gasteiger partial charge in [-0.05, 0) is 12.0 Å². The molecular weight excluding hydrogens is 236 g/mol. The van der Waals surface area contributed by atoms with Crippen LogP contribution in [-0.4, -0.2) is 54.7 Å². The van der Waals surface area contributed by atoms with Crippen LogP contribution >= 0.6 is 0 Å². The van der Waals surface area contributed by atoms with E-state index < -0.39 is 0 Å². The number of morpholine rings is 1. The van der Waals surface area contributed by atoms with Crippen molar-refractivity contribution in [1.29, 1.82) is 0 Å². The number of piperazine rings is 1. The Kier molecular flexibility index (Phi) is 4.16. The molecule has 19 heavy (non-hydrogen) atoms. The second-order valence-electron chi connectivity index (χ2n) is 5.70. The van der Waals surface area contributed by atoms with E-state index in [1.54, 1.807) is 0 Å². The van der Waals surface area contributed by atoms with Crippen LogP contribution < -0.4 is 0 Å². The van der Waals surface area contributed by atoms with Crippen molar-refractivity contribution in [2.75, 3.05) is 32.8 Å². The lowest BCUT2D eigenvalue weighted by atomic mass is 10.0. The highest BCUT2D eigenvalue weighted by Gasteiger charge is 2.34. The largest absolute Gasteiger partial charge is 0.378 e. The van der Waals surface area contributed by atoms with Crippen molar-refractivity contribution in [3.8, 4) is 0 Å². The first-order valence-electron chi connectivity index (χ1n) is 7.46. The average molecular weight is 260 g/mol. The van der Waals surface area contributed by atoms with Gasteiger partial charge in [-0.3, -0.25) is 9.80 Å². The lowest BCUT2D eigenvalue weighted by Crippen LogP contribution is -2.61. The molecular formula is C16H24N2O. The number of nitrogens with zero attached hydrogens (tertiary/aromatic N) is 2. The third kappa shape index (κ3) is 2.99. The minimum Gasteiger partial charge on any atom is -0.378 e. The van der Waals surface area contributed by atoms with Gasteiger partial charge in [-0.15, -0.1) is 0 Å². The molecule has 0 amide bonds. The van der Waals surface area contributed by atoms with Crippen LogP contribution in [0.5, 0.6) is 0 Å². The summed E-state index contributed by atoms with van der Waals surface area (Å²) in [6.45, 7) is 8.66. The first-order chi connectivity index (χ1) is 9.36. The summed E-state index contributed by atoms with van der Waals surface area (Å²) in [6, 6.07) is 12.1. The van der Waals surface area contributed by atoms with Crippen LogP contribution in [0.1, 0.15) is 18.9 Å². The van der Waals surface area contributed by atoms with Crippen LogP contribution in [-0.2, 0) is 11.3 Å². The van der Waals surface area contributed by atoms with E-state index >= 15 is 0 Å². The molecule has 2 heterocycles. The Morgan fingerprint density at radius 1 is 1.21 bits per heavy atom. The SMILES string of the molecule is CCC1CN2CCOCC2CN1Cc1ccccc1. The molecule has 0 N–H and O–H groups in total. The van der Waals surface area contributed by atoms with Gasteiger partial charge in [0.15, 0.2) is 0 Å². The predicted molar refractivity (Wildman–Crippen MR) is 77.1 cm³/mol. The zero-order chi connectivity index (χ0) is 13.1. The van der Waals surface area contributed by atoms with E-state index in [-0.39, 0.29) is 0 Å². The summed E-state index contributed by atoms with van der Waals surface area (Å²) in [4.78, 5) is 5.27. The number of fused-ring (bicyclic) bond motifs is 1. The van der Waals surface area contributed by atoms with Gasteiger partial charge in [0.2, 0.25) is 0 Å². The fraction of sp³-hybridized carbons (Fsp3) is 0.625. The molecule has 0 aliphatic carbocycles. The molecule has 1 aromatic carbocycles. The second kappa shape index (κ2) is 6.04. The third-order valence-corrected chi connectivity index (χ3v) is 4.46. The number of rotatable bonds is 3. The molecule has 2 saturated heterocycles. The van der Waals surface area contributed by atoms with Gasteiger partial charge in [0.05, 0.1) is 13.2 Å². The number of benzene rings is 1. The van der Waals surface area contributed by atoms with Gasteiger partial charge < -0.3 is 4.74 Å². The monoisotopic (exact) mass is 260 g/mol. The van der Waals surface area contributed by atoms with Gasteiger partial charge in [0, 0.05) is 38.3 Å². The minimum atomic E-state index is 0.597. The van der Waals surface area contributed by atoms with Gasteiger partial charge in [0.25, 0.3) is 0 Å². The van der Waals surface area contributed by atoms with Gasteiger partial charge >= 0.3 is 0 Å². The molecule has 2 unspecified atom stereocenters. The zero-order valence-electron chi connectivity index (χ0n) is 11.8. The van der Waals surface area contributed by atoms with E-state index in [2.05, 4.69) is 47.1 Å². The van der Waals surface area contributed by atoms with Crippen molar-refractivity contribution in [1.82, 2.24) is 9.80 Å². The van der Waals surface area contributed by atoms with E-state index in [1.807, 2.05) is 0 Å². The number of hydrogen-bond donors (Lipinski definition) is 0. The third-order valence-electron chi connectivity index (χ3n) is 4.46. The van der Waals surface area contributed by atoms with Crippen molar-refractivity contribution in [2.45, 2.75) is 32.0 Å². The highest BCUT2D eigenvalue weighted by Crippen LogP contribution is 2.22. The molecule has 0 bridgehead atoms. The number of ether oxygens (including phenoxy) is 1. The highest BCUT2D eigenvalue weighted by atomic mass is 16.5. The van der Waals surface area contributed by atoms with E-state index in [1.165, 1.54) is 18.5 Å². The van der Waals surface area contributed by atoms with Crippen LogP contribution in [0.15, 0.2) is 30.3 Å². The summed E-state index contributed by atoms with van der Waals surface area (Å²) in [5, 5.41) is 0. The fourth-order valence-electron chi connectivity index (χ4n) is 3.30. The van der Waals surface area contributed by atoms with Crippen molar-refractivity contribution in [3.05, 3.63) is 35.9 Å². The Bertz CT molecular complexity index is 395.